The van der Waals surface area contributed by atoms with E-state index < -0.39 is 0 Å². The molecule has 7 heteroatoms. The van der Waals surface area contributed by atoms with Gasteiger partial charge in [0.1, 0.15) is 11.8 Å². The van der Waals surface area contributed by atoms with E-state index in [4.69, 9.17) is 19.8 Å². The summed E-state index contributed by atoms with van der Waals surface area (Å²) in [5, 5.41) is 13.7. The van der Waals surface area contributed by atoms with Crippen LogP contribution in [0, 0.1) is 18.3 Å². The molecule has 138 valence electrons. The second-order valence-corrected chi connectivity index (χ2v) is 6.15. The fourth-order valence-electron chi connectivity index (χ4n) is 3.12. The lowest BCUT2D eigenvalue weighted by molar-refractivity contribution is 0.355. The molecule has 4 rings (SSSR count). The van der Waals surface area contributed by atoms with Crippen LogP contribution in [0.3, 0.4) is 0 Å². The lowest BCUT2D eigenvalue weighted by Crippen LogP contribution is -1.98. The maximum absolute atomic E-state index is 8.97. The number of aromatic nitrogens is 4. The Balaban J connectivity index is 1.86. The molecule has 0 unspecified atom stereocenters. The van der Waals surface area contributed by atoms with Crippen LogP contribution in [0.4, 0.5) is 0 Å². The summed E-state index contributed by atoms with van der Waals surface area (Å²) in [6, 6.07) is 15.1. The van der Waals surface area contributed by atoms with Crippen LogP contribution in [0.2, 0.25) is 0 Å². The minimum absolute atomic E-state index is 0.370. The van der Waals surface area contributed by atoms with Crippen molar-refractivity contribution >= 4 is 5.65 Å². The van der Waals surface area contributed by atoms with Crippen molar-refractivity contribution in [1.29, 1.82) is 5.26 Å². The van der Waals surface area contributed by atoms with Crippen LogP contribution in [-0.2, 0) is 0 Å². The second kappa shape index (κ2) is 7.00. The Bertz CT molecular complexity index is 1210. The van der Waals surface area contributed by atoms with E-state index in [1.54, 1.807) is 31.0 Å². The van der Waals surface area contributed by atoms with Gasteiger partial charge in [0.15, 0.2) is 17.1 Å². The van der Waals surface area contributed by atoms with Gasteiger partial charge in [-0.3, -0.25) is 0 Å². The molecular formula is C21H17N5O2. The number of nitriles is 1. The van der Waals surface area contributed by atoms with E-state index in [2.05, 4.69) is 9.97 Å². The van der Waals surface area contributed by atoms with Crippen molar-refractivity contribution in [3.63, 3.8) is 0 Å². The minimum Gasteiger partial charge on any atom is -0.493 e. The Hall–Kier alpha value is -3.92. The van der Waals surface area contributed by atoms with Gasteiger partial charge in [0.05, 0.1) is 31.3 Å². The first-order chi connectivity index (χ1) is 13.6. The Morgan fingerprint density at radius 3 is 2.43 bits per heavy atom. The number of hydrogen-bond acceptors (Lipinski definition) is 6. The van der Waals surface area contributed by atoms with Crippen LogP contribution in [-0.4, -0.2) is 33.8 Å². The van der Waals surface area contributed by atoms with Crippen molar-refractivity contribution < 1.29 is 9.47 Å². The lowest BCUT2D eigenvalue weighted by Gasteiger charge is -2.10. The number of nitrogens with zero attached hydrogens (tertiary/aromatic N) is 5. The molecule has 4 aromatic rings. The van der Waals surface area contributed by atoms with Gasteiger partial charge in [-0.05, 0) is 49.4 Å². The number of fused-ring (bicyclic) bond motifs is 1. The molecule has 0 bridgehead atoms. The van der Waals surface area contributed by atoms with Gasteiger partial charge in [-0.1, -0.05) is 0 Å². The summed E-state index contributed by atoms with van der Waals surface area (Å²) in [7, 11) is 3.21. The fourth-order valence-corrected chi connectivity index (χ4v) is 3.12. The molecule has 3 heterocycles. The van der Waals surface area contributed by atoms with Crippen molar-refractivity contribution in [2.24, 2.45) is 0 Å². The molecule has 0 aliphatic heterocycles. The highest BCUT2D eigenvalue weighted by Crippen LogP contribution is 2.32. The maximum Gasteiger partial charge on any atom is 0.161 e. The van der Waals surface area contributed by atoms with Gasteiger partial charge in [0, 0.05) is 17.3 Å². The van der Waals surface area contributed by atoms with E-state index >= 15 is 0 Å². The van der Waals surface area contributed by atoms with Gasteiger partial charge in [-0.2, -0.15) is 10.4 Å². The second-order valence-electron chi connectivity index (χ2n) is 6.15. The van der Waals surface area contributed by atoms with Crippen molar-refractivity contribution in [2.75, 3.05) is 14.2 Å². The van der Waals surface area contributed by atoms with Crippen LogP contribution in [0.5, 0.6) is 11.5 Å². The van der Waals surface area contributed by atoms with Gasteiger partial charge in [0.25, 0.3) is 0 Å². The third-order valence-corrected chi connectivity index (χ3v) is 4.48. The summed E-state index contributed by atoms with van der Waals surface area (Å²) < 4.78 is 12.5. The zero-order chi connectivity index (χ0) is 19.7. The average Bonchev–Trinajstić information content (AvgIpc) is 3.08. The molecule has 0 amide bonds. The topological polar surface area (TPSA) is 85.3 Å². The van der Waals surface area contributed by atoms with Crippen LogP contribution in [0.15, 0.2) is 48.7 Å². The summed E-state index contributed by atoms with van der Waals surface area (Å²) in [6.07, 6.45) is 1.67. The smallest absolute Gasteiger partial charge is 0.161 e. The fraction of sp³-hybridized carbons (Fsp3) is 0.143. The minimum atomic E-state index is 0.370. The van der Waals surface area contributed by atoms with E-state index in [1.807, 2.05) is 49.4 Å². The largest absolute Gasteiger partial charge is 0.493 e. The highest BCUT2D eigenvalue weighted by molar-refractivity contribution is 5.69. The number of aryl methyl sites for hydroxylation is 1. The predicted molar refractivity (Wildman–Crippen MR) is 104 cm³/mol. The van der Waals surface area contributed by atoms with Crippen LogP contribution >= 0.6 is 0 Å². The molecule has 1 aromatic carbocycles. The number of imidazole rings is 1. The quantitative estimate of drug-likeness (QED) is 0.544. The summed E-state index contributed by atoms with van der Waals surface area (Å²) in [5.41, 5.74) is 5.30. The Morgan fingerprint density at radius 2 is 1.75 bits per heavy atom. The van der Waals surface area contributed by atoms with Gasteiger partial charge in [0.2, 0.25) is 0 Å². The first-order valence-corrected chi connectivity index (χ1v) is 8.60. The zero-order valence-corrected chi connectivity index (χ0v) is 15.7. The molecule has 28 heavy (non-hydrogen) atoms. The molecule has 0 saturated heterocycles. The van der Waals surface area contributed by atoms with Crippen LogP contribution in [0.1, 0.15) is 11.4 Å². The highest BCUT2D eigenvalue weighted by Gasteiger charge is 2.14. The van der Waals surface area contributed by atoms with Gasteiger partial charge in [-0.25, -0.2) is 14.5 Å². The van der Waals surface area contributed by atoms with Crippen molar-refractivity contribution in [3.8, 4) is 40.1 Å². The molecule has 0 fully saturated rings. The summed E-state index contributed by atoms with van der Waals surface area (Å²) in [4.78, 5) is 8.75. The van der Waals surface area contributed by atoms with Gasteiger partial charge in [-0.15, -0.1) is 0 Å². The number of hydrogen-bond donors (Lipinski definition) is 0. The van der Waals surface area contributed by atoms with E-state index in [9.17, 15) is 0 Å². The molecule has 0 aliphatic carbocycles. The summed E-state index contributed by atoms with van der Waals surface area (Å²) in [5.74, 6) is 1.30. The normalized spacial score (nSPS) is 10.6. The monoisotopic (exact) mass is 371 g/mol. The Kier molecular flexibility index (Phi) is 4.38. The number of rotatable bonds is 4. The third-order valence-electron chi connectivity index (χ3n) is 4.48. The zero-order valence-electron chi connectivity index (χ0n) is 15.7. The Labute approximate surface area is 161 Å². The molecule has 0 saturated carbocycles. The number of methoxy groups -OCH3 is 2. The number of benzene rings is 1. The molecule has 7 nitrogen and oxygen atoms in total. The van der Waals surface area contributed by atoms with E-state index in [0.29, 0.717) is 17.2 Å². The molecule has 0 radical (unpaired) electrons. The maximum atomic E-state index is 8.97. The molecule has 0 spiro atoms. The van der Waals surface area contributed by atoms with Crippen LogP contribution in [0.25, 0.3) is 28.2 Å². The summed E-state index contributed by atoms with van der Waals surface area (Å²) >= 11 is 0. The van der Waals surface area contributed by atoms with Gasteiger partial charge < -0.3 is 9.47 Å². The molecule has 3 aromatic heterocycles. The molecule has 0 aliphatic rings. The molecule has 0 atom stereocenters. The van der Waals surface area contributed by atoms with Crippen molar-refractivity contribution in [1.82, 2.24) is 19.6 Å². The number of pyridine rings is 1. The standard InChI is InChI=1S/C21H17N5O2/c1-13-21(15-4-6-16(11-22)23-12-15)26-20(24-13)9-7-17(25-26)14-5-8-18(27-2)19(10-14)28-3/h4-10,12H,1-3H3. The Morgan fingerprint density at radius 1 is 0.964 bits per heavy atom. The first kappa shape index (κ1) is 17.5. The van der Waals surface area contributed by atoms with E-state index in [1.165, 1.54) is 0 Å². The van der Waals surface area contributed by atoms with Crippen molar-refractivity contribution in [3.05, 3.63) is 60.0 Å². The average molecular weight is 371 g/mol. The highest BCUT2D eigenvalue weighted by atomic mass is 16.5. The first-order valence-electron chi connectivity index (χ1n) is 8.60. The molecular weight excluding hydrogens is 354 g/mol. The van der Waals surface area contributed by atoms with Crippen molar-refractivity contribution in [2.45, 2.75) is 6.92 Å². The van der Waals surface area contributed by atoms with Crippen LogP contribution < -0.4 is 9.47 Å². The number of ether oxygens (including phenoxy) is 2. The SMILES string of the molecule is COc1ccc(-c2ccc3nc(C)c(-c4ccc(C#N)nc4)n3n2)cc1OC. The summed E-state index contributed by atoms with van der Waals surface area (Å²) in [6.45, 7) is 1.93. The predicted octanol–water partition coefficient (Wildman–Crippen LogP) is 3.66. The lowest BCUT2D eigenvalue weighted by atomic mass is 10.1. The van der Waals surface area contributed by atoms with E-state index in [-0.39, 0.29) is 0 Å². The van der Waals surface area contributed by atoms with E-state index in [0.717, 1.165) is 33.9 Å². The van der Waals surface area contributed by atoms with Gasteiger partial charge >= 0.3 is 0 Å². The molecule has 0 N–H and O–H groups in total. The third kappa shape index (κ3) is 2.91.